The lowest BCUT2D eigenvalue weighted by Gasteiger charge is -2.18. The molecule has 0 aromatic heterocycles. The zero-order valence-corrected chi connectivity index (χ0v) is 48.4. The molecule has 0 aliphatic heterocycles. The summed E-state index contributed by atoms with van der Waals surface area (Å²) in [5.74, 6) is -0.899. The van der Waals surface area contributed by atoms with Crippen molar-refractivity contribution < 1.29 is 28.6 Å². The van der Waals surface area contributed by atoms with Crippen LogP contribution in [0.1, 0.15) is 316 Å². The third kappa shape index (κ3) is 59.6. The van der Waals surface area contributed by atoms with E-state index in [1.807, 2.05) is 0 Å². The van der Waals surface area contributed by atoms with E-state index in [-0.39, 0.29) is 31.1 Å². The molecule has 6 heteroatoms. The first-order valence-corrected chi connectivity index (χ1v) is 31.4. The second-order valence-electron chi connectivity index (χ2n) is 20.9. The van der Waals surface area contributed by atoms with E-state index in [2.05, 4.69) is 93.7 Å². The first-order chi connectivity index (χ1) is 36.0. The Kier molecular flexibility index (Phi) is 58.7. The highest BCUT2D eigenvalue weighted by Gasteiger charge is 2.19. The lowest BCUT2D eigenvalue weighted by molar-refractivity contribution is -0.167. The van der Waals surface area contributed by atoms with Crippen LogP contribution in [0.25, 0.3) is 0 Å². The van der Waals surface area contributed by atoms with Crippen molar-refractivity contribution in [1.82, 2.24) is 0 Å². The molecule has 0 saturated carbocycles. The maximum absolute atomic E-state index is 12.9. The third-order valence-corrected chi connectivity index (χ3v) is 13.7. The summed E-state index contributed by atoms with van der Waals surface area (Å²) in [6.45, 7) is 6.53. The molecule has 1 unspecified atom stereocenters. The van der Waals surface area contributed by atoms with E-state index in [0.29, 0.717) is 19.3 Å². The van der Waals surface area contributed by atoms with E-state index < -0.39 is 6.10 Å². The third-order valence-electron chi connectivity index (χ3n) is 13.7. The van der Waals surface area contributed by atoms with Gasteiger partial charge in [-0.2, -0.15) is 0 Å². The van der Waals surface area contributed by atoms with Crippen molar-refractivity contribution in [1.29, 1.82) is 0 Å². The predicted molar refractivity (Wildman–Crippen MR) is 316 cm³/mol. The van der Waals surface area contributed by atoms with Crippen LogP contribution in [0.15, 0.2) is 72.9 Å². The molecular weight excluding hydrogens is 901 g/mol. The summed E-state index contributed by atoms with van der Waals surface area (Å²) in [6.07, 6.45) is 79.0. The molecule has 0 aliphatic rings. The fraction of sp³-hybridized carbons (Fsp3) is 0.776. The number of allylic oxidation sites excluding steroid dienone is 12. The lowest BCUT2D eigenvalue weighted by atomic mass is 10.1. The molecule has 6 nitrogen and oxygen atoms in total. The van der Waals surface area contributed by atoms with Gasteiger partial charge in [0.2, 0.25) is 0 Å². The molecule has 0 N–H and O–H groups in total. The molecule has 422 valence electrons. The second-order valence-corrected chi connectivity index (χ2v) is 20.9. The number of unbranched alkanes of at least 4 members (excludes halogenated alkanes) is 34. The molecular formula is C67H118O6. The summed E-state index contributed by atoms with van der Waals surface area (Å²) in [6, 6.07) is 0. The Hall–Kier alpha value is -3.15. The highest BCUT2D eigenvalue weighted by atomic mass is 16.6. The first kappa shape index (κ1) is 69.8. The molecule has 0 heterocycles. The van der Waals surface area contributed by atoms with Crippen molar-refractivity contribution in [3.63, 3.8) is 0 Å². The number of rotatable bonds is 57. The topological polar surface area (TPSA) is 78.9 Å². The molecule has 0 saturated heterocycles. The predicted octanol–water partition coefficient (Wildman–Crippen LogP) is 21.3. The smallest absolute Gasteiger partial charge is 0.306 e. The van der Waals surface area contributed by atoms with E-state index in [4.69, 9.17) is 14.2 Å². The fourth-order valence-electron chi connectivity index (χ4n) is 8.95. The molecule has 0 spiro atoms. The van der Waals surface area contributed by atoms with E-state index in [0.717, 1.165) is 96.3 Å². The van der Waals surface area contributed by atoms with Gasteiger partial charge in [-0.1, -0.05) is 261 Å². The maximum Gasteiger partial charge on any atom is 0.306 e. The number of esters is 3. The van der Waals surface area contributed by atoms with Crippen molar-refractivity contribution in [2.45, 2.75) is 322 Å². The van der Waals surface area contributed by atoms with Gasteiger partial charge in [-0.05, 0) is 109 Å². The van der Waals surface area contributed by atoms with Crippen LogP contribution in [0.5, 0.6) is 0 Å². The van der Waals surface area contributed by atoms with Gasteiger partial charge < -0.3 is 14.2 Å². The number of hydrogen-bond acceptors (Lipinski definition) is 6. The van der Waals surface area contributed by atoms with E-state index in [9.17, 15) is 14.4 Å². The highest BCUT2D eigenvalue weighted by Crippen LogP contribution is 2.16. The number of carbonyl (C=O) groups is 3. The van der Waals surface area contributed by atoms with Crippen molar-refractivity contribution in [3.8, 4) is 0 Å². The van der Waals surface area contributed by atoms with Gasteiger partial charge in [0.1, 0.15) is 13.2 Å². The quantitative estimate of drug-likeness (QED) is 0.0261. The Balaban J connectivity index is 4.40. The van der Waals surface area contributed by atoms with Gasteiger partial charge in [-0.25, -0.2) is 0 Å². The Bertz CT molecular complexity index is 1360. The minimum absolute atomic E-state index is 0.0838. The zero-order valence-electron chi connectivity index (χ0n) is 48.4. The lowest BCUT2D eigenvalue weighted by Crippen LogP contribution is -2.30. The SMILES string of the molecule is CC/C=C\C/C=C\C/C=C\C/C=C\CCCCCCC(=O)OCC(COC(=O)CCCCCCCCCCC/C=C\CCCCCCCC)OC(=O)CCCCCCCCCCC/C=C\CCCCCCCC. The van der Waals surface area contributed by atoms with Crippen molar-refractivity contribution in [2.75, 3.05) is 13.2 Å². The van der Waals surface area contributed by atoms with Gasteiger partial charge in [0.15, 0.2) is 6.10 Å². The van der Waals surface area contributed by atoms with Gasteiger partial charge in [-0.15, -0.1) is 0 Å². The van der Waals surface area contributed by atoms with Gasteiger partial charge in [0.25, 0.3) is 0 Å². The van der Waals surface area contributed by atoms with Gasteiger partial charge in [0, 0.05) is 19.3 Å². The van der Waals surface area contributed by atoms with Crippen LogP contribution in [0.4, 0.5) is 0 Å². The van der Waals surface area contributed by atoms with Crippen LogP contribution in [0, 0.1) is 0 Å². The van der Waals surface area contributed by atoms with E-state index in [1.165, 1.54) is 180 Å². The second kappa shape index (κ2) is 61.4. The molecule has 0 aromatic carbocycles. The Morgan fingerprint density at radius 3 is 0.849 bits per heavy atom. The first-order valence-electron chi connectivity index (χ1n) is 31.4. The number of hydrogen-bond donors (Lipinski definition) is 0. The van der Waals surface area contributed by atoms with Crippen LogP contribution < -0.4 is 0 Å². The largest absolute Gasteiger partial charge is 0.462 e. The normalized spacial score (nSPS) is 12.5. The summed E-state index contributed by atoms with van der Waals surface area (Å²) in [5, 5.41) is 0. The van der Waals surface area contributed by atoms with Crippen molar-refractivity contribution in [3.05, 3.63) is 72.9 Å². The average Bonchev–Trinajstić information content (AvgIpc) is 3.39. The number of ether oxygens (including phenoxy) is 3. The summed E-state index contributed by atoms with van der Waals surface area (Å²) < 4.78 is 16.9. The van der Waals surface area contributed by atoms with Gasteiger partial charge in [-0.3, -0.25) is 14.4 Å². The zero-order chi connectivity index (χ0) is 52.9. The molecule has 0 radical (unpaired) electrons. The van der Waals surface area contributed by atoms with Crippen LogP contribution in [-0.2, 0) is 28.6 Å². The Labute approximate surface area is 453 Å². The minimum atomic E-state index is -0.789. The molecule has 0 amide bonds. The molecule has 0 rings (SSSR count). The Morgan fingerprint density at radius 2 is 0.534 bits per heavy atom. The maximum atomic E-state index is 12.9. The summed E-state index contributed by atoms with van der Waals surface area (Å²) in [5.41, 5.74) is 0. The summed E-state index contributed by atoms with van der Waals surface area (Å²) >= 11 is 0. The molecule has 1 atom stereocenters. The van der Waals surface area contributed by atoms with Gasteiger partial charge >= 0.3 is 17.9 Å². The van der Waals surface area contributed by atoms with Crippen molar-refractivity contribution in [2.24, 2.45) is 0 Å². The summed E-state index contributed by atoms with van der Waals surface area (Å²) in [7, 11) is 0. The van der Waals surface area contributed by atoms with Gasteiger partial charge in [0.05, 0.1) is 0 Å². The fourth-order valence-corrected chi connectivity index (χ4v) is 8.95. The standard InChI is InChI=1S/C67H118O6/c1-4-7-10-13-16-19-22-25-28-31-33-36-39-42-45-48-51-54-57-60-66(69)72-63-64(62-71-65(68)59-56-53-50-47-44-41-38-35-30-27-24-21-18-15-12-9-6-3)73-67(70)61-58-55-52-49-46-43-40-37-34-32-29-26-23-20-17-14-11-8-5-2/h9,12,18,21,25-30,38,41,64H,4-8,10-11,13-17,19-20,22-24,31-37,39-40,42-63H2,1-3H3/b12-9-,21-18-,28-25-,29-26-,30-27-,41-38-. The molecule has 73 heavy (non-hydrogen) atoms. The molecule has 0 aliphatic carbocycles. The van der Waals surface area contributed by atoms with Crippen LogP contribution >= 0.6 is 0 Å². The molecule has 0 bridgehead atoms. The number of carbonyl (C=O) groups excluding carboxylic acids is 3. The van der Waals surface area contributed by atoms with Crippen LogP contribution in [0.2, 0.25) is 0 Å². The Morgan fingerprint density at radius 1 is 0.288 bits per heavy atom. The van der Waals surface area contributed by atoms with Crippen molar-refractivity contribution >= 4 is 17.9 Å². The average molecular weight is 1020 g/mol. The molecule has 0 fully saturated rings. The molecule has 0 aromatic rings. The summed E-state index contributed by atoms with van der Waals surface area (Å²) in [4.78, 5) is 38.3. The van der Waals surface area contributed by atoms with Crippen LogP contribution in [-0.4, -0.2) is 37.2 Å². The van der Waals surface area contributed by atoms with Crippen LogP contribution in [0.3, 0.4) is 0 Å². The van der Waals surface area contributed by atoms with E-state index in [1.54, 1.807) is 0 Å². The minimum Gasteiger partial charge on any atom is -0.462 e. The monoisotopic (exact) mass is 1020 g/mol. The van der Waals surface area contributed by atoms with E-state index >= 15 is 0 Å². The highest BCUT2D eigenvalue weighted by molar-refractivity contribution is 5.71.